The van der Waals surface area contributed by atoms with Crippen LogP contribution in [0.5, 0.6) is 5.75 Å². The molecule has 5 heteroatoms. The molecule has 28 heavy (non-hydrogen) atoms. The minimum Gasteiger partial charge on any atom is -0.484 e. The predicted molar refractivity (Wildman–Crippen MR) is 116 cm³/mol. The van der Waals surface area contributed by atoms with E-state index in [9.17, 15) is 4.79 Å². The molecule has 0 unspecified atom stereocenters. The Morgan fingerprint density at radius 2 is 1.64 bits per heavy atom. The summed E-state index contributed by atoms with van der Waals surface area (Å²) in [6.45, 7) is 12.6. The van der Waals surface area contributed by atoms with Crippen molar-refractivity contribution < 1.29 is 9.53 Å². The summed E-state index contributed by atoms with van der Waals surface area (Å²) in [7, 11) is 0. The Morgan fingerprint density at radius 3 is 2.18 bits per heavy atom. The smallest absolute Gasteiger partial charge is 0.277 e. The minimum atomic E-state index is -0.295. The van der Waals surface area contributed by atoms with E-state index in [1.165, 1.54) is 11.3 Å². The van der Waals surface area contributed by atoms with Crippen LogP contribution in [0.25, 0.3) is 0 Å². The van der Waals surface area contributed by atoms with Gasteiger partial charge >= 0.3 is 0 Å². The number of hydrogen-bond acceptors (Lipinski definition) is 4. The van der Waals surface area contributed by atoms with Crippen molar-refractivity contribution in [3.63, 3.8) is 0 Å². The molecule has 0 aliphatic heterocycles. The van der Waals surface area contributed by atoms with Crippen molar-refractivity contribution in [1.82, 2.24) is 5.43 Å². The molecule has 2 aromatic rings. The lowest BCUT2D eigenvalue weighted by molar-refractivity contribution is -0.123. The van der Waals surface area contributed by atoms with Gasteiger partial charge in [0.2, 0.25) is 0 Å². The number of rotatable bonds is 8. The van der Waals surface area contributed by atoms with Gasteiger partial charge in [-0.3, -0.25) is 4.79 Å². The second-order valence-electron chi connectivity index (χ2n) is 7.62. The molecule has 0 saturated carbocycles. The fourth-order valence-electron chi connectivity index (χ4n) is 2.77. The van der Waals surface area contributed by atoms with Crippen LogP contribution >= 0.6 is 0 Å². The highest BCUT2D eigenvalue weighted by atomic mass is 16.5. The highest BCUT2D eigenvalue weighted by molar-refractivity contribution is 5.83. The van der Waals surface area contributed by atoms with Crippen LogP contribution in [0.15, 0.2) is 53.6 Å². The second kappa shape index (κ2) is 9.93. The zero-order valence-corrected chi connectivity index (χ0v) is 17.5. The lowest BCUT2D eigenvalue weighted by Gasteiger charge is -2.20. The average Bonchev–Trinajstić information content (AvgIpc) is 2.68. The highest BCUT2D eigenvalue weighted by Crippen LogP contribution is 2.24. The lowest BCUT2D eigenvalue weighted by atomic mass is 9.87. The first kappa shape index (κ1) is 21.5. The van der Waals surface area contributed by atoms with Crippen LogP contribution < -0.4 is 15.1 Å². The van der Waals surface area contributed by atoms with Crippen molar-refractivity contribution in [2.24, 2.45) is 5.10 Å². The van der Waals surface area contributed by atoms with Crippen LogP contribution in [0, 0.1) is 0 Å². The molecule has 0 radical (unpaired) electrons. The SMILES string of the molecule is CCN(CC)c1ccc(C=NNC(=O)COc2ccc(C(C)(C)C)cc2)cc1. The van der Waals surface area contributed by atoms with E-state index >= 15 is 0 Å². The van der Waals surface area contributed by atoms with Crippen molar-refractivity contribution in [3.05, 3.63) is 59.7 Å². The van der Waals surface area contributed by atoms with Gasteiger partial charge in [0.25, 0.3) is 5.91 Å². The van der Waals surface area contributed by atoms with Crippen LogP contribution in [-0.2, 0) is 10.2 Å². The number of carbonyl (C=O) groups is 1. The lowest BCUT2D eigenvalue weighted by Crippen LogP contribution is -2.24. The summed E-state index contributed by atoms with van der Waals surface area (Å²) in [5.74, 6) is 0.370. The molecule has 0 saturated heterocycles. The molecule has 2 aromatic carbocycles. The van der Waals surface area contributed by atoms with Crippen LogP contribution in [0.3, 0.4) is 0 Å². The van der Waals surface area contributed by atoms with Crippen LogP contribution in [-0.4, -0.2) is 31.8 Å². The predicted octanol–water partition coefficient (Wildman–Crippen LogP) is 4.36. The van der Waals surface area contributed by atoms with Gasteiger partial charge in [-0.15, -0.1) is 0 Å². The standard InChI is InChI=1S/C23H31N3O2/c1-6-26(7-2)20-12-8-18(9-13-20)16-24-25-22(27)17-28-21-14-10-19(11-15-21)23(3,4)5/h8-16H,6-7,17H2,1-5H3,(H,25,27). The van der Waals surface area contributed by atoms with E-state index in [0.717, 1.165) is 18.7 Å². The number of nitrogens with zero attached hydrogens (tertiary/aromatic N) is 2. The van der Waals surface area contributed by atoms with Crippen molar-refractivity contribution >= 4 is 17.8 Å². The molecule has 0 heterocycles. The Labute approximate surface area is 168 Å². The first-order chi connectivity index (χ1) is 13.3. The topological polar surface area (TPSA) is 53.9 Å². The Morgan fingerprint density at radius 1 is 1.04 bits per heavy atom. The zero-order chi connectivity index (χ0) is 20.6. The Bertz CT molecular complexity index is 771. The van der Waals surface area contributed by atoms with Crippen molar-refractivity contribution in [3.8, 4) is 5.75 Å². The maximum atomic E-state index is 11.9. The van der Waals surface area contributed by atoms with Crippen molar-refractivity contribution in [1.29, 1.82) is 0 Å². The van der Waals surface area contributed by atoms with Crippen LogP contribution in [0.4, 0.5) is 5.69 Å². The maximum Gasteiger partial charge on any atom is 0.277 e. The molecule has 0 aliphatic rings. The third-order valence-corrected chi connectivity index (χ3v) is 4.51. The van der Waals surface area contributed by atoms with E-state index < -0.39 is 0 Å². The summed E-state index contributed by atoms with van der Waals surface area (Å²) in [5, 5.41) is 4.00. The third-order valence-electron chi connectivity index (χ3n) is 4.51. The average molecular weight is 382 g/mol. The Hall–Kier alpha value is -2.82. The number of carbonyl (C=O) groups excluding carboxylic acids is 1. The van der Waals surface area contributed by atoms with Gasteiger partial charge in [0.05, 0.1) is 6.21 Å². The van der Waals surface area contributed by atoms with Gasteiger partial charge in [0.15, 0.2) is 6.61 Å². The fraction of sp³-hybridized carbons (Fsp3) is 0.391. The molecule has 0 spiro atoms. The molecule has 0 aliphatic carbocycles. The number of hydrazone groups is 1. The number of nitrogens with one attached hydrogen (secondary N) is 1. The third kappa shape index (κ3) is 6.41. The molecule has 150 valence electrons. The number of benzene rings is 2. The summed E-state index contributed by atoms with van der Waals surface area (Å²) in [6.07, 6.45) is 1.63. The van der Waals surface area contributed by atoms with Crippen LogP contribution in [0.1, 0.15) is 45.7 Å². The number of amides is 1. The second-order valence-corrected chi connectivity index (χ2v) is 7.62. The number of anilines is 1. The van der Waals surface area contributed by atoms with E-state index in [0.29, 0.717) is 5.75 Å². The first-order valence-corrected chi connectivity index (χ1v) is 9.73. The molecule has 5 nitrogen and oxygen atoms in total. The first-order valence-electron chi connectivity index (χ1n) is 9.73. The Balaban J connectivity index is 1.80. The van der Waals surface area contributed by atoms with Gasteiger partial charge in [0.1, 0.15) is 5.75 Å². The monoisotopic (exact) mass is 381 g/mol. The molecule has 0 atom stereocenters. The minimum absolute atomic E-state index is 0.0763. The number of ether oxygens (including phenoxy) is 1. The van der Waals surface area contributed by atoms with Gasteiger partial charge < -0.3 is 9.64 Å². The molecule has 0 fully saturated rings. The van der Waals surface area contributed by atoms with Crippen molar-refractivity contribution in [2.75, 3.05) is 24.6 Å². The summed E-state index contributed by atoms with van der Waals surface area (Å²) < 4.78 is 5.51. The van der Waals surface area contributed by atoms with Crippen LogP contribution in [0.2, 0.25) is 0 Å². The molecule has 0 bridgehead atoms. The molecule has 1 amide bonds. The Kier molecular flexibility index (Phi) is 7.61. The van der Waals surface area contributed by atoms with E-state index in [-0.39, 0.29) is 17.9 Å². The summed E-state index contributed by atoms with van der Waals surface area (Å²) in [5.41, 5.74) is 5.91. The largest absolute Gasteiger partial charge is 0.484 e. The highest BCUT2D eigenvalue weighted by Gasteiger charge is 2.13. The summed E-state index contributed by atoms with van der Waals surface area (Å²) in [6, 6.07) is 15.9. The van der Waals surface area contributed by atoms with Crippen molar-refractivity contribution in [2.45, 2.75) is 40.0 Å². The van der Waals surface area contributed by atoms with Gasteiger partial charge in [-0.05, 0) is 54.7 Å². The van der Waals surface area contributed by atoms with Gasteiger partial charge in [-0.2, -0.15) is 5.10 Å². The van der Waals surface area contributed by atoms with Gasteiger partial charge in [-0.25, -0.2) is 5.43 Å². The molecular formula is C23H31N3O2. The molecule has 1 N–H and O–H groups in total. The summed E-state index contributed by atoms with van der Waals surface area (Å²) >= 11 is 0. The normalized spacial score (nSPS) is 11.5. The number of hydrogen-bond donors (Lipinski definition) is 1. The molecular weight excluding hydrogens is 350 g/mol. The summed E-state index contributed by atoms with van der Waals surface area (Å²) in [4.78, 5) is 14.2. The fourth-order valence-corrected chi connectivity index (χ4v) is 2.77. The van der Waals surface area contributed by atoms with Gasteiger partial charge in [0, 0.05) is 18.8 Å². The van der Waals surface area contributed by atoms with E-state index in [1.807, 2.05) is 36.4 Å². The van der Waals surface area contributed by atoms with Gasteiger partial charge in [-0.1, -0.05) is 45.0 Å². The zero-order valence-electron chi connectivity index (χ0n) is 17.5. The molecule has 0 aromatic heterocycles. The van der Waals surface area contributed by atoms with E-state index in [1.54, 1.807) is 6.21 Å². The molecule has 2 rings (SSSR count). The quantitative estimate of drug-likeness (QED) is 0.546. The van der Waals surface area contributed by atoms with E-state index in [4.69, 9.17) is 4.74 Å². The van der Waals surface area contributed by atoms with E-state index in [2.05, 4.69) is 62.2 Å². The maximum absolute atomic E-state index is 11.9.